The quantitative estimate of drug-likeness (QED) is 0.844. The van der Waals surface area contributed by atoms with Gasteiger partial charge in [-0.3, -0.25) is 0 Å². The molecule has 0 unspecified atom stereocenters. The molecule has 0 amide bonds. The molecular formula is C15H19NO3. The number of carbonyl (C=O) groups excluding carboxylic acids is 1. The van der Waals surface area contributed by atoms with Crippen molar-refractivity contribution in [3.05, 3.63) is 48.6 Å². The van der Waals surface area contributed by atoms with Gasteiger partial charge in [0.2, 0.25) is 0 Å². The number of aliphatic hydroxyl groups is 1. The summed E-state index contributed by atoms with van der Waals surface area (Å²) in [5.41, 5.74) is -0.161. The van der Waals surface area contributed by atoms with Crippen molar-refractivity contribution in [3.8, 4) is 0 Å². The first-order valence-corrected chi connectivity index (χ1v) is 6.48. The summed E-state index contributed by atoms with van der Waals surface area (Å²) < 4.78 is 0. The molecule has 1 aromatic carbocycles. The standard InChI is InChI=1S/C15H19NO3/c1-2-8-15(18)9-11-16(12-10-15)19-14(17)13-6-4-3-5-7-13/h2-7,18H,1,8-12H2. The molecule has 0 aromatic heterocycles. The largest absolute Gasteiger partial charge is 0.389 e. The van der Waals surface area contributed by atoms with E-state index in [1.54, 1.807) is 35.4 Å². The highest BCUT2D eigenvalue weighted by molar-refractivity contribution is 5.89. The number of rotatable bonds is 4. The lowest BCUT2D eigenvalue weighted by atomic mass is 9.89. The predicted molar refractivity (Wildman–Crippen MR) is 72.4 cm³/mol. The van der Waals surface area contributed by atoms with Crippen molar-refractivity contribution in [2.45, 2.75) is 24.9 Å². The maximum Gasteiger partial charge on any atom is 0.357 e. The van der Waals surface area contributed by atoms with Crippen LogP contribution in [0.5, 0.6) is 0 Å². The van der Waals surface area contributed by atoms with Gasteiger partial charge in [-0.2, -0.15) is 0 Å². The van der Waals surface area contributed by atoms with Gasteiger partial charge >= 0.3 is 5.97 Å². The number of piperidine rings is 1. The van der Waals surface area contributed by atoms with E-state index in [9.17, 15) is 9.90 Å². The second kappa shape index (κ2) is 5.99. The molecule has 1 N–H and O–H groups in total. The molecule has 0 aliphatic carbocycles. The Hall–Kier alpha value is -1.65. The van der Waals surface area contributed by atoms with Crippen molar-refractivity contribution in [2.24, 2.45) is 0 Å². The molecule has 1 aromatic rings. The van der Waals surface area contributed by atoms with Gasteiger partial charge in [-0.25, -0.2) is 4.79 Å². The van der Waals surface area contributed by atoms with E-state index >= 15 is 0 Å². The summed E-state index contributed by atoms with van der Waals surface area (Å²) in [5.74, 6) is -0.352. The first-order valence-electron chi connectivity index (χ1n) is 6.48. The molecule has 1 heterocycles. The molecule has 4 heteroatoms. The minimum absolute atomic E-state index is 0.352. The van der Waals surface area contributed by atoms with Crippen LogP contribution in [0.2, 0.25) is 0 Å². The molecule has 1 fully saturated rings. The highest BCUT2D eigenvalue weighted by Gasteiger charge is 2.32. The van der Waals surface area contributed by atoms with Crippen LogP contribution in [0.4, 0.5) is 0 Å². The summed E-state index contributed by atoms with van der Waals surface area (Å²) in [7, 11) is 0. The normalized spacial score (nSPS) is 18.8. The van der Waals surface area contributed by atoms with Gasteiger partial charge < -0.3 is 9.94 Å². The molecular weight excluding hydrogens is 242 g/mol. The average Bonchev–Trinajstić information content (AvgIpc) is 2.43. The SMILES string of the molecule is C=CCC1(O)CCN(OC(=O)c2ccccc2)CC1. The zero-order valence-electron chi connectivity index (χ0n) is 10.9. The third kappa shape index (κ3) is 3.66. The number of carbonyl (C=O) groups is 1. The molecule has 0 bridgehead atoms. The minimum Gasteiger partial charge on any atom is -0.389 e. The zero-order chi connectivity index (χ0) is 13.7. The van der Waals surface area contributed by atoms with Gasteiger partial charge in [0, 0.05) is 13.1 Å². The van der Waals surface area contributed by atoms with E-state index in [2.05, 4.69) is 6.58 Å². The number of hydroxylamine groups is 2. The predicted octanol–water partition coefficient (Wildman–Crippen LogP) is 2.16. The molecule has 0 atom stereocenters. The number of hydrogen-bond donors (Lipinski definition) is 1. The number of nitrogens with zero attached hydrogens (tertiary/aromatic N) is 1. The fourth-order valence-corrected chi connectivity index (χ4v) is 2.21. The third-order valence-corrected chi connectivity index (χ3v) is 3.40. The maximum atomic E-state index is 11.9. The lowest BCUT2D eigenvalue weighted by Crippen LogP contribution is -2.44. The van der Waals surface area contributed by atoms with Gasteiger partial charge in [-0.15, -0.1) is 11.6 Å². The summed E-state index contributed by atoms with van der Waals surface area (Å²) in [5, 5.41) is 11.8. The molecule has 19 heavy (non-hydrogen) atoms. The molecule has 0 saturated carbocycles. The fourth-order valence-electron chi connectivity index (χ4n) is 2.21. The van der Waals surface area contributed by atoms with Gasteiger partial charge in [0.1, 0.15) is 0 Å². The van der Waals surface area contributed by atoms with E-state index in [-0.39, 0.29) is 5.97 Å². The lowest BCUT2D eigenvalue weighted by molar-refractivity contribution is -0.152. The van der Waals surface area contributed by atoms with Crippen molar-refractivity contribution in [1.82, 2.24) is 5.06 Å². The minimum atomic E-state index is -0.697. The van der Waals surface area contributed by atoms with Crippen molar-refractivity contribution in [3.63, 3.8) is 0 Å². The molecule has 4 nitrogen and oxygen atoms in total. The van der Waals surface area contributed by atoms with E-state index in [0.29, 0.717) is 37.9 Å². The van der Waals surface area contributed by atoms with Gasteiger partial charge in [0.25, 0.3) is 0 Å². The van der Waals surface area contributed by atoms with Crippen LogP contribution in [0.3, 0.4) is 0 Å². The summed E-state index contributed by atoms with van der Waals surface area (Å²) in [6.45, 7) is 4.74. The topological polar surface area (TPSA) is 49.8 Å². The van der Waals surface area contributed by atoms with E-state index < -0.39 is 5.60 Å². The van der Waals surface area contributed by atoms with E-state index in [0.717, 1.165) is 0 Å². The second-order valence-electron chi connectivity index (χ2n) is 4.89. The van der Waals surface area contributed by atoms with Crippen LogP contribution >= 0.6 is 0 Å². The summed E-state index contributed by atoms with van der Waals surface area (Å²) in [6, 6.07) is 8.90. The molecule has 1 aliphatic heterocycles. The summed E-state index contributed by atoms with van der Waals surface area (Å²) in [4.78, 5) is 17.2. The Morgan fingerprint density at radius 1 is 1.37 bits per heavy atom. The monoisotopic (exact) mass is 261 g/mol. The Labute approximate surface area is 113 Å². The average molecular weight is 261 g/mol. The Balaban J connectivity index is 1.86. The van der Waals surface area contributed by atoms with E-state index in [1.807, 2.05) is 6.07 Å². The van der Waals surface area contributed by atoms with Gasteiger partial charge in [0.05, 0.1) is 11.2 Å². The number of benzene rings is 1. The van der Waals surface area contributed by atoms with E-state index in [1.165, 1.54) is 0 Å². The van der Waals surface area contributed by atoms with Crippen molar-refractivity contribution < 1.29 is 14.7 Å². The van der Waals surface area contributed by atoms with Crippen LogP contribution in [0.1, 0.15) is 29.6 Å². The van der Waals surface area contributed by atoms with Crippen molar-refractivity contribution >= 4 is 5.97 Å². The Kier molecular flexibility index (Phi) is 4.35. The Bertz CT molecular complexity index is 436. The molecule has 2 rings (SSSR count). The number of hydrogen-bond acceptors (Lipinski definition) is 4. The van der Waals surface area contributed by atoms with Crippen LogP contribution in [0.15, 0.2) is 43.0 Å². The third-order valence-electron chi connectivity index (χ3n) is 3.40. The highest BCUT2D eigenvalue weighted by Crippen LogP contribution is 2.26. The zero-order valence-corrected chi connectivity index (χ0v) is 10.9. The second-order valence-corrected chi connectivity index (χ2v) is 4.89. The molecule has 0 radical (unpaired) electrons. The Morgan fingerprint density at radius 2 is 2.00 bits per heavy atom. The molecule has 1 aliphatic rings. The van der Waals surface area contributed by atoms with Crippen molar-refractivity contribution in [1.29, 1.82) is 0 Å². The van der Waals surface area contributed by atoms with Gasteiger partial charge in [0.15, 0.2) is 0 Å². The molecule has 102 valence electrons. The first kappa shape index (κ1) is 13.8. The molecule has 0 spiro atoms. The molecule has 1 saturated heterocycles. The highest BCUT2D eigenvalue weighted by atomic mass is 16.7. The Morgan fingerprint density at radius 3 is 2.58 bits per heavy atom. The first-order chi connectivity index (χ1) is 9.13. The van der Waals surface area contributed by atoms with E-state index in [4.69, 9.17) is 4.84 Å². The van der Waals surface area contributed by atoms with Gasteiger partial charge in [-0.05, 0) is 31.4 Å². The van der Waals surface area contributed by atoms with Gasteiger partial charge in [-0.1, -0.05) is 24.3 Å². The lowest BCUT2D eigenvalue weighted by Gasteiger charge is -2.36. The smallest absolute Gasteiger partial charge is 0.357 e. The fraction of sp³-hybridized carbons (Fsp3) is 0.400. The van der Waals surface area contributed by atoms with Crippen LogP contribution in [0, 0.1) is 0 Å². The van der Waals surface area contributed by atoms with Crippen molar-refractivity contribution in [2.75, 3.05) is 13.1 Å². The summed E-state index contributed by atoms with van der Waals surface area (Å²) in [6.07, 6.45) is 3.47. The summed E-state index contributed by atoms with van der Waals surface area (Å²) >= 11 is 0. The maximum absolute atomic E-state index is 11.9. The van der Waals surface area contributed by atoms with Crippen LogP contribution in [0.25, 0.3) is 0 Å². The van der Waals surface area contributed by atoms with Crippen LogP contribution in [-0.4, -0.2) is 34.8 Å². The van der Waals surface area contributed by atoms with Crippen LogP contribution in [-0.2, 0) is 4.84 Å². The van der Waals surface area contributed by atoms with Crippen LogP contribution < -0.4 is 0 Å².